The summed E-state index contributed by atoms with van der Waals surface area (Å²) >= 11 is 5.83. The monoisotopic (exact) mass is 377 g/mol. The highest BCUT2D eigenvalue weighted by molar-refractivity contribution is 6.30. The number of carbonyl (C=O) groups excluding carboxylic acids is 1. The van der Waals surface area contributed by atoms with Crippen LogP contribution in [0.1, 0.15) is 18.5 Å². The van der Waals surface area contributed by atoms with Crippen LogP contribution >= 0.6 is 11.6 Å². The number of aromatic nitrogens is 4. The standard InChI is InChI=1S/C17H14ClF2N5O/c1-10(14-7-6-13(19)8-15(14)20)21-16(26)9-25-23-17(22-24-25)11-2-4-12(18)5-3-11/h2-8,10H,9H2,1H3,(H,21,26). The van der Waals surface area contributed by atoms with Gasteiger partial charge in [0.15, 0.2) is 0 Å². The zero-order valence-corrected chi connectivity index (χ0v) is 14.4. The summed E-state index contributed by atoms with van der Waals surface area (Å²) in [7, 11) is 0. The lowest BCUT2D eigenvalue weighted by Crippen LogP contribution is -2.31. The van der Waals surface area contributed by atoms with Gasteiger partial charge in [-0.25, -0.2) is 8.78 Å². The first-order valence-corrected chi connectivity index (χ1v) is 8.08. The molecule has 1 unspecified atom stereocenters. The molecule has 1 atom stereocenters. The van der Waals surface area contributed by atoms with Crippen molar-refractivity contribution < 1.29 is 13.6 Å². The summed E-state index contributed by atoms with van der Waals surface area (Å²) in [6, 6.07) is 9.44. The van der Waals surface area contributed by atoms with Crippen LogP contribution < -0.4 is 5.32 Å². The number of benzene rings is 2. The molecule has 9 heteroatoms. The fraction of sp³-hybridized carbons (Fsp3) is 0.176. The second kappa shape index (κ2) is 7.57. The minimum absolute atomic E-state index is 0.187. The quantitative estimate of drug-likeness (QED) is 0.741. The third-order valence-electron chi connectivity index (χ3n) is 3.65. The van der Waals surface area contributed by atoms with Crippen molar-refractivity contribution in [1.82, 2.24) is 25.5 Å². The number of carbonyl (C=O) groups is 1. The molecule has 1 N–H and O–H groups in total. The molecule has 6 nitrogen and oxygen atoms in total. The lowest BCUT2D eigenvalue weighted by atomic mass is 10.1. The number of halogens is 3. The van der Waals surface area contributed by atoms with Gasteiger partial charge >= 0.3 is 0 Å². The Labute approximate surface area is 152 Å². The van der Waals surface area contributed by atoms with E-state index < -0.39 is 23.6 Å². The van der Waals surface area contributed by atoms with Gasteiger partial charge in [0, 0.05) is 22.2 Å². The molecule has 26 heavy (non-hydrogen) atoms. The van der Waals surface area contributed by atoms with Gasteiger partial charge in [-0.15, -0.1) is 10.2 Å². The molecule has 2 aromatic carbocycles. The molecule has 0 fully saturated rings. The first kappa shape index (κ1) is 17.9. The SMILES string of the molecule is CC(NC(=O)Cn1nnc(-c2ccc(Cl)cc2)n1)c1ccc(F)cc1F. The second-order valence-electron chi connectivity index (χ2n) is 5.61. The molecule has 0 bridgehead atoms. The summed E-state index contributed by atoms with van der Waals surface area (Å²) < 4.78 is 26.7. The summed E-state index contributed by atoms with van der Waals surface area (Å²) in [5.74, 6) is -1.47. The van der Waals surface area contributed by atoms with Crippen LogP contribution in [0.15, 0.2) is 42.5 Å². The van der Waals surface area contributed by atoms with Gasteiger partial charge in [0.05, 0.1) is 6.04 Å². The minimum Gasteiger partial charge on any atom is -0.348 e. The summed E-state index contributed by atoms with van der Waals surface area (Å²) in [6.07, 6.45) is 0. The average Bonchev–Trinajstić information content (AvgIpc) is 3.03. The highest BCUT2D eigenvalue weighted by Gasteiger charge is 2.16. The maximum atomic E-state index is 13.8. The van der Waals surface area contributed by atoms with Gasteiger partial charge in [-0.05, 0) is 42.5 Å². The Morgan fingerprint density at radius 1 is 1.23 bits per heavy atom. The van der Waals surface area contributed by atoms with E-state index in [2.05, 4.69) is 20.7 Å². The summed E-state index contributed by atoms with van der Waals surface area (Å²) in [4.78, 5) is 13.2. The first-order valence-electron chi connectivity index (χ1n) is 7.70. The average molecular weight is 378 g/mol. The van der Waals surface area contributed by atoms with E-state index in [0.29, 0.717) is 16.4 Å². The third kappa shape index (κ3) is 4.20. The van der Waals surface area contributed by atoms with Gasteiger partial charge < -0.3 is 5.32 Å². The maximum Gasteiger partial charge on any atom is 0.244 e. The second-order valence-corrected chi connectivity index (χ2v) is 6.04. The van der Waals surface area contributed by atoms with Crippen LogP contribution in [-0.4, -0.2) is 26.1 Å². The van der Waals surface area contributed by atoms with E-state index in [1.807, 2.05) is 0 Å². The molecule has 0 radical (unpaired) electrons. The molecule has 1 aromatic heterocycles. The largest absolute Gasteiger partial charge is 0.348 e. The van der Waals surface area contributed by atoms with Gasteiger partial charge in [-0.3, -0.25) is 4.79 Å². The van der Waals surface area contributed by atoms with Crippen LogP contribution in [0.25, 0.3) is 11.4 Å². The molecule has 1 amide bonds. The topological polar surface area (TPSA) is 72.7 Å². The Hall–Kier alpha value is -2.87. The number of hydrogen-bond acceptors (Lipinski definition) is 4. The van der Waals surface area contributed by atoms with Crippen molar-refractivity contribution in [2.45, 2.75) is 19.5 Å². The predicted octanol–water partition coefficient (Wildman–Crippen LogP) is 3.15. The minimum atomic E-state index is -0.721. The van der Waals surface area contributed by atoms with Crippen molar-refractivity contribution in [2.24, 2.45) is 0 Å². The molecule has 0 saturated carbocycles. The molecule has 3 rings (SSSR count). The van der Waals surface area contributed by atoms with Crippen LogP contribution in [0.4, 0.5) is 8.78 Å². The highest BCUT2D eigenvalue weighted by atomic mass is 35.5. The van der Waals surface area contributed by atoms with Gasteiger partial charge in [0.2, 0.25) is 11.7 Å². The van der Waals surface area contributed by atoms with Crippen molar-refractivity contribution >= 4 is 17.5 Å². The maximum absolute atomic E-state index is 13.8. The van der Waals surface area contributed by atoms with Crippen LogP contribution in [0.2, 0.25) is 5.02 Å². The first-order chi connectivity index (χ1) is 12.4. The predicted molar refractivity (Wildman–Crippen MR) is 91.2 cm³/mol. The number of nitrogens with one attached hydrogen (secondary N) is 1. The van der Waals surface area contributed by atoms with E-state index in [9.17, 15) is 13.6 Å². The van der Waals surface area contributed by atoms with E-state index in [-0.39, 0.29) is 12.1 Å². The van der Waals surface area contributed by atoms with Crippen LogP contribution in [0.5, 0.6) is 0 Å². The number of tetrazole rings is 1. The van der Waals surface area contributed by atoms with Crippen LogP contribution in [0, 0.1) is 11.6 Å². The van der Waals surface area contributed by atoms with Gasteiger partial charge in [0.25, 0.3) is 0 Å². The molecular formula is C17H14ClF2N5O. The Morgan fingerprint density at radius 2 is 1.96 bits per heavy atom. The molecular weight excluding hydrogens is 364 g/mol. The van der Waals surface area contributed by atoms with E-state index >= 15 is 0 Å². The molecule has 0 spiro atoms. The zero-order chi connectivity index (χ0) is 18.7. The van der Waals surface area contributed by atoms with E-state index in [0.717, 1.165) is 16.9 Å². The van der Waals surface area contributed by atoms with Crippen LogP contribution in [-0.2, 0) is 11.3 Å². The number of amides is 1. The van der Waals surface area contributed by atoms with Gasteiger partial charge in [-0.2, -0.15) is 4.80 Å². The molecule has 0 aliphatic heterocycles. The lowest BCUT2D eigenvalue weighted by molar-refractivity contribution is -0.122. The smallest absolute Gasteiger partial charge is 0.244 e. The van der Waals surface area contributed by atoms with Gasteiger partial charge in [0.1, 0.15) is 18.2 Å². The Morgan fingerprint density at radius 3 is 2.65 bits per heavy atom. The highest BCUT2D eigenvalue weighted by Crippen LogP contribution is 2.18. The van der Waals surface area contributed by atoms with Crippen LogP contribution in [0.3, 0.4) is 0 Å². The third-order valence-corrected chi connectivity index (χ3v) is 3.90. The van der Waals surface area contributed by atoms with E-state index in [1.165, 1.54) is 6.07 Å². The summed E-state index contributed by atoms with van der Waals surface area (Å²) in [5, 5.41) is 15.0. The number of hydrogen-bond donors (Lipinski definition) is 1. The molecule has 0 saturated heterocycles. The van der Waals surface area contributed by atoms with E-state index in [4.69, 9.17) is 11.6 Å². The Bertz CT molecular complexity index is 929. The zero-order valence-electron chi connectivity index (χ0n) is 13.7. The fourth-order valence-electron chi connectivity index (χ4n) is 2.37. The molecule has 1 heterocycles. The van der Waals surface area contributed by atoms with Crippen molar-refractivity contribution in [3.8, 4) is 11.4 Å². The Kier molecular flexibility index (Phi) is 5.22. The normalized spacial score (nSPS) is 12.0. The number of nitrogens with zero attached hydrogens (tertiary/aromatic N) is 4. The number of rotatable bonds is 5. The molecule has 3 aromatic rings. The van der Waals surface area contributed by atoms with Crippen molar-refractivity contribution in [2.75, 3.05) is 0 Å². The van der Waals surface area contributed by atoms with Crippen molar-refractivity contribution in [1.29, 1.82) is 0 Å². The van der Waals surface area contributed by atoms with Crippen molar-refractivity contribution in [3.63, 3.8) is 0 Å². The molecule has 0 aliphatic rings. The van der Waals surface area contributed by atoms with Crippen molar-refractivity contribution in [3.05, 3.63) is 64.7 Å². The summed E-state index contributed by atoms with van der Waals surface area (Å²) in [6.45, 7) is 1.41. The van der Waals surface area contributed by atoms with Gasteiger partial charge in [-0.1, -0.05) is 17.7 Å². The van der Waals surface area contributed by atoms with E-state index in [1.54, 1.807) is 31.2 Å². The molecule has 134 valence electrons. The Balaban J connectivity index is 1.64. The lowest BCUT2D eigenvalue weighted by Gasteiger charge is -2.14. The fourth-order valence-corrected chi connectivity index (χ4v) is 2.50. The molecule has 0 aliphatic carbocycles. The summed E-state index contributed by atoms with van der Waals surface area (Å²) in [5.41, 5.74) is 0.899.